The number of primary amides is 1. The molecule has 0 unspecified atom stereocenters. The second-order valence-electron chi connectivity index (χ2n) is 4.43. The fraction of sp³-hybridized carbons (Fsp3) is 0.0667. The molecule has 0 saturated carbocycles. The lowest BCUT2D eigenvalue weighted by atomic mass is 10.00. The molecule has 0 radical (unpaired) electrons. The molecule has 1 amide bonds. The Morgan fingerprint density at radius 3 is 2.89 bits per heavy atom. The fourth-order valence-electron chi connectivity index (χ4n) is 2.20. The zero-order valence-corrected chi connectivity index (χ0v) is 10.3. The topological polar surface area (TPSA) is 60.4 Å². The first-order chi connectivity index (χ1) is 9.24. The van der Waals surface area contributed by atoms with E-state index in [0.717, 1.165) is 16.8 Å². The molecule has 4 nitrogen and oxygen atoms in total. The third-order valence-corrected chi connectivity index (χ3v) is 3.14. The van der Waals surface area contributed by atoms with Crippen LogP contribution in [0.4, 0.5) is 0 Å². The number of imidazole rings is 1. The summed E-state index contributed by atoms with van der Waals surface area (Å²) in [6.07, 6.45) is 6.29. The lowest BCUT2D eigenvalue weighted by Crippen LogP contribution is -2.13. The maximum Gasteiger partial charge on any atom is 0.248 e. The number of hydrogen-bond donors (Lipinski definition) is 1. The van der Waals surface area contributed by atoms with Gasteiger partial charge in [-0.25, -0.2) is 4.98 Å². The van der Waals surface area contributed by atoms with Gasteiger partial charge in [-0.1, -0.05) is 18.2 Å². The van der Waals surface area contributed by atoms with Crippen LogP contribution >= 0.6 is 0 Å². The van der Waals surface area contributed by atoms with Gasteiger partial charge in [-0.3, -0.25) is 4.79 Å². The molecule has 0 saturated heterocycles. The molecule has 2 N–H and O–H groups in total. The molecule has 3 aromatic rings. The Kier molecular flexibility index (Phi) is 2.76. The van der Waals surface area contributed by atoms with Gasteiger partial charge >= 0.3 is 0 Å². The van der Waals surface area contributed by atoms with Gasteiger partial charge in [0.05, 0.1) is 0 Å². The van der Waals surface area contributed by atoms with Gasteiger partial charge in [0.1, 0.15) is 5.65 Å². The number of pyridine rings is 1. The summed E-state index contributed by atoms with van der Waals surface area (Å²) in [7, 11) is 0. The Morgan fingerprint density at radius 1 is 1.21 bits per heavy atom. The minimum Gasteiger partial charge on any atom is -0.366 e. The first-order valence-electron chi connectivity index (χ1n) is 6.03. The molecule has 0 aliphatic heterocycles. The SMILES string of the molecule is NC(=O)c1ccccc1Cc1ccn2ccnc2c1. The van der Waals surface area contributed by atoms with Gasteiger partial charge in [-0.05, 0) is 35.7 Å². The molecule has 0 aliphatic rings. The van der Waals surface area contributed by atoms with Crippen LogP contribution in [0, 0.1) is 0 Å². The van der Waals surface area contributed by atoms with Gasteiger partial charge in [0.15, 0.2) is 0 Å². The van der Waals surface area contributed by atoms with E-state index >= 15 is 0 Å². The molecule has 0 atom stereocenters. The number of nitrogens with two attached hydrogens (primary N) is 1. The summed E-state index contributed by atoms with van der Waals surface area (Å²) in [5, 5.41) is 0. The summed E-state index contributed by atoms with van der Waals surface area (Å²) < 4.78 is 1.95. The van der Waals surface area contributed by atoms with Crippen LogP contribution in [0.2, 0.25) is 0 Å². The number of carbonyl (C=O) groups excluding carboxylic acids is 1. The molecule has 0 aliphatic carbocycles. The Bertz CT molecular complexity index is 746. The maximum atomic E-state index is 11.4. The molecule has 1 aromatic carbocycles. The highest BCUT2D eigenvalue weighted by atomic mass is 16.1. The van der Waals surface area contributed by atoms with Crippen LogP contribution in [0.15, 0.2) is 55.0 Å². The summed E-state index contributed by atoms with van der Waals surface area (Å²) >= 11 is 0. The third kappa shape index (κ3) is 2.20. The van der Waals surface area contributed by atoms with Crippen molar-refractivity contribution in [3.8, 4) is 0 Å². The number of carbonyl (C=O) groups is 1. The first kappa shape index (κ1) is 11.5. The number of aromatic nitrogens is 2. The van der Waals surface area contributed by atoms with E-state index in [1.54, 1.807) is 12.3 Å². The van der Waals surface area contributed by atoms with Crippen LogP contribution in [-0.4, -0.2) is 15.3 Å². The van der Waals surface area contributed by atoms with Crippen LogP contribution < -0.4 is 5.73 Å². The minimum atomic E-state index is -0.391. The highest BCUT2D eigenvalue weighted by Gasteiger charge is 2.08. The zero-order chi connectivity index (χ0) is 13.2. The normalized spacial score (nSPS) is 10.7. The van der Waals surface area contributed by atoms with Crippen molar-refractivity contribution in [3.05, 3.63) is 71.7 Å². The van der Waals surface area contributed by atoms with E-state index in [0.29, 0.717) is 12.0 Å². The average Bonchev–Trinajstić information content (AvgIpc) is 2.86. The Balaban J connectivity index is 1.98. The monoisotopic (exact) mass is 251 g/mol. The van der Waals surface area contributed by atoms with Crippen molar-refractivity contribution >= 4 is 11.6 Å². The van der Waals surface area contributed by atoms with Crippen molar-refractivity contribution in [2.75, 3.05) is 0 Å². The van der Waals surface area contributed by atoms with Crippen molar-refractivity contribution in [1.29, 1.82) is 0 Å². The van der Waals surface area contributed by atoms with Crippen LogP contribution in [0.25, 0.3) is 5.65 Å². The number of nitrogens with zero attached hydrogens (tertiary/aromatic N) is 2. The average molecular weight is 251 g/mol. The molecular formula is C15H13N3O. The van der Waals surface area contributed by atoms with Gasteiger partial charge in [-0.15, -0.1) is 0 Å². The molecule has 2 heterocycles. The highest BCUT2D eigenvalue weighted by Crippen LogP contribution is 2.15. The number of benzene rings is 1. The Labute approximate surface area is 110 Å². The molecular weight excluding hydrogens is 238 g/mol. The summed E-state index contributed by atoms with van der Waals surface area (Å²) in [6, 6.07) is 11.4. The molecule has 0 spiro atoms. The van der Waals surface area contributed by atoms with Crippen molar-refractivity contribution in [3.63, 3.8) is 0 Å². The van der Waals surface area contributed by atoms with Crippen molar-refractivity contribution < 1.29 is 4.79 Å². The van der Waals surface area contributed by atoms with E-state index in [2.05, 4.69) is 4.98 Å². The minimum absolute atomic E-state index is 0.391. The van der Waals surface area contributed by atoms with E-state index in [1.807, 2.05) is 47.1 Å². The van der Waals surface area contributed by atoms with E-state index < -0.39 is 5.91 Å². The summed E-state index contributed by atoms with van der Waals surface area (Å²) in [4.78, 5) is 15.6. The van der Waals surface area contributed by atoms with Crippen LogP contribution in [-0.2, 0) is 6.42 Å². The number of rotatable bonds is 3. The molecule has 3 rings (SSSR count). The number of hydrogen-bond acceptors (Lipinski definition) is 2. The Hall–Kier alpha value is -2.62. The van der Waals surface area contributed by atoms with E-state index in [9.17, 15) is 4.79 Å². The second kappa shape index (κ2) is 4.57. The smallest absolute Gasteiger partial charge is 0.248 e. The molecule has 4 heteroatoms. The van der Waals surface area contributed by atoms with Gasteiger partial charge < -0.3 is 10.1 Å². The Morgan fingerprint density at radius 2 is 2.05 bits per heavy atom. The molecule has 94 valence electrons. The second-order valence-corrected chi connectivity index (χ2v) is 4.43. The highest BCUT2D eigenvalue weighted by molar-refractivity contribution is 5.94. The predicted octanol–water partition coefficient (Wildman–Crippen LogP) is 2.02. The van der Waals surface area contributed by atoms with Gasteiger partial charge in [0, 0.05) is 24.2 Å². The standard InChI is InChI=1S/C15H13N3O/c16-15(19)13-4-2-1-3-12(13)9-11-5-7-18-8-6-17-14(18)10-11/h1-8,10H,9H2,(H2,16,19). The quantitative estimate of drug-likeness (QED) is 0.774. The summed E-state index contributed by atoms with van der Waals surface area (Å²) in [6.45, 7) is 0. The first-order valence-corrected chi connectivity index (χ1v) is 6.03. The van der Waals surface area contributed by atoms with E-state index in [4.69, 9.17) is 5.73 Å². The number of fused-ring (bicyclic) bond motifs is 1. The maximum absolute atomic E-state index is 11.4. The largest absolute Gasteiger partial charge is 0.366 e. The number of amides is 1. The fourth-order valence-corrected chi connectivity index (χ4v) is 2.20. The van der Waals surface area contributed by atoms with Crippen LogP contribution in [0.3, 0.4) is 0 Å². The van der Waals surface area contributed by atoms with Crippen molar-refractivity contribution in [2.24, 2.45) is 5.73 Å². The van der Waals surface area contributed by atoms with E-state index in [-0.39, 0.29) is 0 Å². The van der Waals surface area contributed by atoms with Crippen LogP contribution in [0.5, 0.6) is 0 Å². The van der Waals surface area contributed by atoms with Gasteiger partial charge in [0.2, 0.25) is 5.91 Å². The molecule has 19 heavy (non-hydrogen) atoms. The van der Waals surface area contributed by atoms with Crippen molar-refractivity contribution in [1.82, 2.24) is 9.38 Å². The van der Waals surface area contributed by atoms with Crippen LogP contribution in [0.1, 0.15) is 21.5 Å². The molecule has 0 fully saturated rings. The zero-order valence-electron chi connectivity index (χ0n) is 10.3. The lowest BCUT2D eigenvalue weighted by Gasteiger charge is -2.07. The summed E-state index contributed by atoms with van der Waals surface area (Å²) in [5.74, 6) is -0.391. The predicted molar refractivity (Wildman–Crippen MR) is 73.0 cm³/mol. The van der Waals surface area contributed by atoms with Crippen molar-refractivity contribution in [2.45, 2.75) is 6.42 Å². The lowest BCUT2D eigenvalue weighted by molar-refractivity contribution is 0.0999. The van der Waals surface area contributed by atoms with Gasteiger partial charge in [0.25, 0.3) is 0 Å². The third-order valence-electron chi connectivity index (χ3n) is 3.14. The molecule has 0 bridgehead atoms. The molecule has 2 aromatic heterocycles. The van der Waals surface area contributed by atoms with Gasteiger partial charge in [-0.2, -0.15) is 0 Å². The summed E-state index contributed by atoms with van der Waals surface area (Å²) in [5.41, 5.74) is 8.90. The van der Waals surface area contributed by atoms with E-state index in [1.165, 1.54) is 0 Å².